The summed E-state index contributed by atoms with van der Waals surface area (Å²) < 4.78 is 10.7. The van der Waals surface area contributed by atoms with Crippen LogP contribution in [0.5, 0.6) is 5.75 Å². The van der Waals surface area contributed by atoms with E-state index in [1.54, 1.807) is 18.1 Å². The summed E-state index contributed by atoms with van der Waals surface area (Å²) in [5.41, 5.74) is 1.98. The minimum Gasteiger partial charge on any atom is -0.496 e. The molecule has 8 nitrogen and oxygen atoms in total. The highest BCUT2D eigenvalue weighted by Gasteiger charge is 2.38. The second kappa shape index (κ2) is 6.22. The van der Waals surface area contributed by atoms with Crippen molar-refractivity contribution in [3.8, 4) is 17.0 Å². The lowest BCUT2D eigenvalue weighted by atomic mass is 9.99. The van der Waals surface area contributed by atoms with Crippen LogP contribution in [0.25, 0.3) is 11.3 Å². The lowest BCUT2D eigenvalue weighted by molar-refractivity contribution is 0.0563. The third-order valence-corrected chi connectivity index (χ3v) is 5.11. The normalized spacial score (nSPS) is 17.0. The van der Waals surface area contributed by atoms with Crippen molar-refractivity contribution < 1.29 is 14.1 Å². The number of carbonyl (C=O) groups excluding carboxylic acids is 1. The monoisotopic (exact) mass is 365 g/mol. The molecule has 1 saturated carbocycles. The maximum atomic E-state index is 12.7. The number of ether oxygens (including phenoxy) is 1. The van der Waals surface area contributed by atoms with E-state index in [1.807, 2.05) is 24.3 Å². The smallest absolute Gasteiger partial charge is 0.271 e. The quantitative estimate of drug-likeness (QED) is 0.746. The largest absolute Gasteiger partial charge is 0.496 e. The summed E-state index contributed by atoms with van der Waals surface area (Å²) in [4.78, 5) is 18.9. The van der Waals surface area contributed by atoms with Gasteiger partial charge in [0.25, 0.3) is 5.91 Å². The maximum absolute atomic E-state index is 12.7. The van der Waals surface area contributed by atoms with Gasteiger partial charge < -0.3 is 14.2 Å². The Kier molecular flexibility index (Phi) is 3.70. The molecule has 0 unspecified atom stereocenters. The zero-order valence-electron chi connectivity index (χ0n) is 14.9. The van der Waals surface area contributed by atoms with Crippen molar-refractivity contribution in [1.29, 1.82) is 0 Å². The van der Waals surface area contributed by atoms with Gasteiger partial charge in [-0.05, 0) is 31.0 Å². The Bertz CT molecular complexity index is 985. The zero-order chi connectivity index (χ0) is 18.4. The standard InChI is InChI=1S/C19H19N5O3/c1-26-16-5-3-2-4-13(16)14-8-15(22-21-14)19(25)24-9-12(10-24)18-20-17(23-27-18)11-6-7-11/h2-5,8,11-12H,6-7,9-10H2,1H3,(H,21,22). The molecule has 0 radical (unpaired) electrons. The number of likely N-dealkylation sites (tertiary alicyclic amines) is 1. The van der Waals surface area contributed by atoms with Crippen LogP contribution in [0.1, 0.15) is 46.9 Å². The molecule has 2 aromatic heterocycles. The van der Waals surface area contributed by atoms with Crippen molar-refractivity contribution in [2.24, 2.45) is 0 Å². The molecule has 1 aromatic carbocycles. The number of methoxy groups -OCH3 is 1. The fourth-order valence-corrected chi connectivity index (χ4v) is 3.32. The third kappa shape index (κ3) is 2.87. The number of H-pyrrole nitrogens is 1. The first kappa shape index (κ1) is 16.0. The van der Waals surface area contributed by atoms with Gasteiger partial charge in [0.2, 0.25) is 5.89 Å². The fourth-order valence-electron chi connectivity index (χ4n) is 3.32. The number of rotatable bonds is 5. The summed E-state index contributed by atoms with van der Waals surface area (Å²) >= 11 is 0. The van der Waals surface area contributed by atoms with Gasteiger partial charge in [-0.3, -0.25) is 9.89 Å². The molecule has 1 N–H and O–H groups in total. The molecule has 3 aromatic rings. The van der Waals surface area contributed by atoms with Crippen molar-refractivity contribution >= 4 is 5.91 Å². The zero-order valence-corrected chi connectivity index (χ0v) is 14.9. The van der Waals surface area contributed by atoms with Gasteiger partial charge in [-0.1, -0.05) is 17.3 Å². The van der Waals surface area contributed by atoms with Gasteiger partial charge in [-0.2, -0.15) is 10.1 Å². The van der Waals surface area contributed by atoms with Crippen molar-refractivity contribution in [3.05, 3.63) is 47.7 Å². The number of nitrogens with one attached hydrogen (secondary N) is 1. The Labute approximate surface area is 155 Å². The van der Waals surface area contributed by atoms with Crippen LogP contribution < -0.4 is 4.74 Å². The minimum absolute atomic E-state index is 0.0816. The van der Waals surface area contributed by atoms with Crippen LogP contribution in [0.4, 0.5) is 0 Å². The van der Waals surface area contributed by atoms with Crippen molar-refractivity contribution in [3.63, 3.8) is 0 Å². The number of para-hydroxylation sites is 1. The first-order chi connectivity index (χ1) is 13.2. The van der Waals surface area contributed by atoms with Gasteiger partial charge in [0.05, 0.1) is 18.7 Å². The van der Waals surface area contributed by atoms with Crippen molar-refractivity contribution in [2.45, 2.75) is 24.7 Å². The molecular weight excluding hydrogens is 346 g/mol. The van der Waals surface area contributed by atoms with Gasteiger partial charge in [0.15, 0.2) is 5.82 Å². The summed E-state index contributed by atoms with van der Waals surface area (Å²) in [7, 11) is 1.62. The van der Waals surface area contributed by atoms with Crippen LogP contribution in [-0.2, 0) is 0 Å². The number of hydrogen-bond donors (Lipinski definition) is 1. The predicted octanol–water partition coefficient (Wildman–Crippen LogP) is 2.59. The van der Waals surface area contributed by atoms with Crippen LogP contribution >= 0.6 is 0 Å². The Morgan fingerprint density at radius 1 is 1.26 bits per heavy atom. The van der Waals surface area contributed by atoms with Gasteiger partial charge in [-0.15, -0.1) is 0 Å². The fraction of sp³-hybridized carbons (Fsp3) is 0.368. The Morgan fingerprint density at radius 3 is 2.85 bits per heavy atom. The molecule has 5 rings (SSSR count). The average molecular weight is 365 g/mol. The molecule has 2 aliphatic rings. The first-order valence-corrected chi connectivity index (χ1v) is 9.04. The van der Waals surface area contributed by atoms with E-state index in [2.05, 4.69) is 20.3 Å². The van der Waals surface area contributed by atoms with E-state index in [0.29, 0.717) is 36.3 Å². The molecule has 0 spiro atoms. The van der Waals surface area contributed by atoms with Crippen LogP contribution in [0.3, 0.4) is 0 Å². The molecule has 0 atom stereocenters. The molecular formula is C19H19N5O3. The number of carbonyl (C=O) groups is 1. The van der Waals surface area contributed by atoms with Gasteiger partial charge in [0, 0.05) is 24.6 Å². The number of hydrogen-bond acceptors (Lipinski definition) is 6. The lowest BCUT2D eigenvalue weighted by Gasteiger charge is -2.36. The minimum atomic E-state index is -0.0816. The van der Waals surface area contributed by atoms with E-state index in [4.69, 9.17) is 9.26 Å². The predicted molar refractivity (Wildman–Crippen MR) is 95.5 cm³/mol. The topological polar surface area (TPSA) is 97.1 Å². The highest BCUT2D eigenvalue weighted by molar-refractivity contribution is 5.94. The lowest BCUT2D eigenvalue weighted by Crippen LogP contribution is -2.48. The van der Waals surface area contributed by atoms with E-state index in [1.165, 1.54) is 0 Å². The number of aromatic nitrogens is 4. The Morgan fingerprint density at radius 2 is 2.07 bits per heavy atom. The van der Waals surface area contributed by atoms with Crippen LogP contribution in [0.2, 0.25) is 0 Å². The van der Waals surface area contributed by atoms with E-state index in [9.17, 15) is 4.79 Å². The highest BCUT2D eigenvalue weighted by Crippen LogP contribution is 2.39. The van der Waals surface area contributed by atoms with E-state index in [0.717, 1.165) is 30.0 Å². The van der Waals surface area contributed by atoms with Crippen molar-refractivity contribution in [2.75, 3.05) is 20.2 Å². The van der Waals surface area contributed by atoms with Crippen LogP contribution in [0.15, 0.2) is 34.9 Å². The summed E-state index contributed by atoms with van der Waals surface area (Å²) in [6.45, 7) is 1.16. The number of amides is 1. The van der Waals surface area contributed by atoms with Crippen LogP contribution in [0, 0.1) is 0 Å². The number of nitrogens with zero attached hydrogens (tertiary/aromatic N) is 4. The molecule has 138 valence electrons. The van der Waals surface area contributed by atoms with E-state index < -0.39 is 0 Å². The molecule has 2 fully saturated rings. The van der Waals surface area contributed by atoms with Gasteiger partial charge >= 0.3 is 0 Å². The van der Waals surface area contributed by atoms with E-state index in [-0.39, 0.29) is 11.8 Å². The Balaban J connectivity index is 1.26. The second-order valence-corrected chi connectivity index (χ2v) is 7.04. The average Bonchev–Trinajstić information content (AvgIpc) is 3.19. The molecule has 8 heteroatoms. The van der Waals surface area contributed by atoms with E-state index >= 15 is 0 Å². The molecule has 1 amide bonds. The third-order valence-electron chi connectivity index (χ3n) is 5.11. The summed E-state index contributed by atoms with van der Waals surface area (Å²) in [5.74, 6) is 2.67. The maximum Gasteiger partial charge on any atom is 0.271 e. The number of aromatic amines is 1. The summed E-state index contributed by atoms with van der Waals surface area (Å²) in [5, 5.41) is 11.2. The molecule has 1 aliphatic carbocycles. The Hall–Kier alpha value is -3.16. The highest BCUT2D eigenvalue weighted by atomic mass is 16.5. The van der Waals surface area contributed by atoms with Crippen LogP contribution in [-0.4, -0.2) is 51.3 Å². The van der Waals surface area contributed by atoms with Crippen molar-refractivity contribution in [1.82, 2.24) is 25.2 Å². The SMILES string of the molecule is COc1ccccc1-c1cc(C(=O)N2CC(c3nc(C4CC4)no3)C2)[nH]n1. The summed E-state index contributed by atoms with van der Waals surface area (Å²) in [6.07, 6.45) is 2.28. The molecule has 1 saturated heterocycles. The summed E-state index contributed by atoms with van der Waals surface area (Å²) in [6, 6.07) is 9.34. The molecule has 3 heterocycles. The van der Waals surface area contributed by atoms with Gasteiger partial charge in [-0.25, -0.2) is 0 Å². The first-order valence-electron chi connectivity index (χ1n) is 9.04. The number of benzene rings is 1. The molecule has 27 heavy (non-hydrogen) atoms. The molecule has 1 aliphatic heterocycles. The van der Waals surface area contributed by atoms with Gasteiger partial charge in [0.1, 0.15) is 11.4 Å². The second-order valence-electron chi connectivity index (χ2n) is 7.04. The molecule has 0 bridgehead atoms.